The van der Waals surface area contributed by atoms with Crippen LogP contribution >= 0.6 is 0 Å². The maximum absolute atomic E-state index is 5.99. The molecule has 0 aromatic rings. The van der Waals surface area contributed by atoms with E-state index >= 15 is 0 Å². The van der Waals surface area contributed by atoms with Gasteiger partial charge in [-0.3, -0.25) is 0 Å². The Balaban J connectivity index is 2.24. The van der Waals surface area contributed by atoms with Crippen molar-refractivity contribution in [3.05, 3.63) is 0 Å². The van der Waals surface area contributed by atoms with Gasteiger partial charge < -0.3 is 11.5 Å². The molecule has 1 aliphatic rings. The van der Waals surface area contributed by atoms with E-state index in [1.165, 1.54) is 19.3 Å². The molecule has 0 aromatic heterocycles. The largest absolute Gasteiger partial charge is 0.327 e. The van der Waals surface area contributed by atoms with E-state index in [0.717, 1.165) is 12.3 Å². The van der Waals surface area contributed by atoms with Gasteiger partial charge >= 0.3 is 0 Å². The van der Waals surface area contributed by atoms with E-state index in [9.17, 15) is 0 Å². The molecule has 0 aromatic carbocycles. The lowest BCUT2D eigenvalue weighted by molar-refractivity contribution is 0.229. The van der Waals surface area contributed by atoms with E-state index in [1.807, 2.05) is 13.8 Å². The van der Waals surface area contributed by atoms with Crippen LogP contribution in [0.5, 0.6) is 0 Å². The number of nitrogens with two attached hydrogens (primary N) is 2. The van der Waals surface area contributed by atoms with Crippen LogP contribution in [0.2, 0.25) is 0 Å². The van der Waals surface area contributed by atoms with Gasteiger partial charge in [0, 0.05) is 11.6 Å². The quantitative estimate of drug-likeness (QED) is 0.646. The van der Waals surface area contributed by atoms with Crippen LogP contribution in [0, 0.1) is 5.92 Å². The maximum Gasteiger partial charge on any atom is 0.0112 e. The molecule has 0 aliphatic heterocycles. The Morgan fingerprint density at radius 3 is 2.27 bits per heavy atom. The Hall–Kier alpha value is -0.0800. The van der Waals surface area contributed by atoms with Crippen LogP contribution in [-0.4, -0.2) is 11.6 Å². The molecule has 0 heterocycles. The average Bonchev–Trinajstić information content (AvgIpc) is 1.50. The highest BCUT2D eigenvalue weighted by Crippen LogP contribution is 2.31. The molecule has 1 unspecified atom stereocenters. The van der Waals surface area contributed by atoms with Crippen molar-refractivity contribution in [3.8, 4) is 0 Å². The Labute approximate surface area is 69.3 Å². The second-order valence-electron chi connectivity index (χ2n) is 4.55. The topological polar surface area (TPSA) is 52.0 Å². The molecule has 0 amide bonds. The zero-order valence-corrected chi connectivity index (χ0v) is 7.64. The van der Waals surface area contributed by atoms with Crippen LogP contribution in [0.1, 0.15) is 39.5 Å². The summed E-state index contributed by atoms with van der Waals surface area (Å²) in [5, 5.41) is 0. The lowest BCUT2D eigenvalue weighted by Crippen LogP contribution is -2.44. The van der Waals surface area contributed by atoms with Crippen LogP contribution in [0.4, 0.5) is 0 Å². The van der Waals surface area contributed by atoms with Crippen molar-refractivity contribution < 1.29 is 0 Å². The molecule has 1 saturated carbocycles. The summed E-state index contributed by atoms with van der Waals surface area (Å²) in [5.74, 6) is 0.762. The van der Waals surface area contributed by atoms with Gasteiger partial charge in [0.1, 0.15) is 0 Å². The molecule has 1 rings (SSSR count). The van der Waals surface area contributed by atoms with Crippen molar-refractivity contribution in [3.63, 3.8) is 0 Å². The number of hydrogen-bond donors (Lipinski definition) is 2. The van der Waals surface area contributed by atoms with Crippen molar-refractivity contribution >= 4 is 0 Å². The molecular weight excluding hydrogens is 136 g/mol. The minimum Gasteiger partial charge on any atom is -0.327 e. The molecule has 2 heteroatoms. The molecule has 2 nitrogen and oxygen atoms in total. The van der Waals surface area contributed by atoms with E-state index in [-0.39, 0.29) is 5.54 Å². The van der Waals surface area contributed by atoms with E-state index in [1.54, 1.807) is 0 Å². The molecule has 0 radical (unpaired) electrons. The third kappa shape index (κ3) is 2.80. The third-order valence-corrected chi connectivity index (χ3v) is 2.52. The summed E-state index contributed by atoms with van der Waals surface area (Å²) >= 11 is 0. The normalized spacial score (nSPS) is 22.9. The highest BCUT2D eigenvalue weighted by atomic mass is 14.8. The average molecular weight is 156 g/mol. The van der Waals surface area contributed by atoms with Crippen LogP contribution in [0.25, 0.3) is 0 Å². The number of rotatable bonds is 3. The van der Waals surface area contributed by atoms with Gasteiger partial charge in [-0.1, -0.05) is 6.42 Å². The summed E-state index contributed by atoms with van der Waals surface area (Å²) in [6.45, 7) is 4.09. The molecule has 0 bridgehead atoms. The van der Waals surface area contributed by atoms with Gasteiger partial charge in [-0.2, -0.15) is 0 Å². The molecule has 1 fully saturated rings. The molecule has 66 valence electrons. The second-order valence-corrected chi connectivity index (χ2v) is 4.55. The van der Waals surface area contributed by atoms with Gasteiger partial charge in [0.2, 0.25) is 0 Å². The summed E-state index contributed by atoms with van der Waals surface area (Å²) in [5.41, 5.74) is 11.8. The molecule has 1 aliphatic carbocycles. The monoisotopic (exact) mass is 156 g/mol. The minimum absolute atomic E-state index is 0.0883. The first-order valence-electron chi connectivity index (χ1n) is 4.53. The molecule has 11 heavy (non-hydrogen) atoms. The highest BCUT2D eigenvalue weighted by molar-refractivity contribution is 4.86. The fourth-order valence-corrected chi connectivity index (χ4v) is 1.64. The van der Waals surface area contributed by atoms with Crippen LogP contribution in [-0.2, 0) is 0 Å². The predicted molar refractivity (Wildman–Crippen MR) is 48.2 cm³/mol. The Morgan fingerprint density at radius 1 is 1.45 bits per heavy atom. The predicted octanol–water partition coefficient (Wildman–Crippen LogP) is 1.24. The van der Waals surface area contributed by atoms with Gasteiger partial charge in [-0.15, -0.1) is 0 Å². The standard InChI is InChI=1S/C9H20N2/c1-9(2,11)6-8(10)7-4-3-5-7/h7-8H,3-6,10-11H2,1-2H3. The van der Waals surface area contributed by atoms with Crippen molar-refractivity contribution in [1.29, 1.82) is 0 Å². The van der Waals surface area contributed by atoms with E-state index in [2.05, 4.69) is 0 Å². The van der Waals surface area contributed by atoms with Crippen molar-refractivity contribution in [2.45, 2.75) is 51.1 Å². The Bertz CT molecular complexity index is 122. The van der Waals surface area contributed by atoms with Crippen LogP contribution < -0.4 is 11.5 Å². The first-order valence-corrected chi connectivity index (χ1v) is 4.53. The summed E-state index contributed by atoms with van der Waals surface area (Å²) in [6.07, 6.45) is 4.95. The van der Waals surface area contributed by atoms with Crippen molar-refractivity contribution in [1.82, 2.24) is 0 Å². The minimum atomic E-state index is -0.0883. The Morgan fingerprint density at radius 2 is 2.00 bits per heavy atom. The summed E-state index contributed by atoms with van der Waals surface area (Å²) in [6, 6.07) is 0.337. The Kier molecular flexibility index (Phi) is 2.55. The van der Waals surface area contributed by atoms with Crippen molar-refractivity contribution in [2.75, 3.05) is 0 Å². The van der Waals surface area contributed by atoms with Crippen molar-refractivity contribution in [2.24, 2.45) is 17.4 Å². The smallest absolute Gasteiger partial charge is 0.0112 e. The van der Waals surface area contributed by atoms with Crippen LogP contribution in [0.3, 0.4) is 0 Å². The summed E-state index contributed by atoms with van der Waals surface area (Å²) in [7, 11) is 0. The van der Waals surface area contributed by atoms with Gasteiger partial charge in [-0.05, 0) is 39.0 Å². The molecule has 0 spiro atoms. The summed E-state index contributed by atoms with van der Waals surface area (Å²) in [4.78, 5) is 0. The van der Waals surface area contributed by atoms with E-state index in [4.69, 9.17) is 11.5 Å². The zero-order chi connectivity index (χ0) is 8.48. The molecule has 1 atom stereocenters. The molecule has 4 N–H and O–H groups in total. The van der Waals surface area contributed by atoms with E-state index in [0.29, 0.717) is 6.04 Å². The molecular formula is C9H20N2. The fraction of sp³-hybridized carbons (Fsp3) is 1.00. The van der Waals surface area contributed by atoms with E-state index < -0.39 is 0 Å². The van der Waals surface area contributed by atoms with Gasteiger partial charge in [-0.25, -0.2) is 0 Å². The van der Waals surface area contributed by atoms with Gasteiger partial charge in [0.15, 0.2) is 0 Å². The SMILES string of the molecule is CC(C)(N)CC(N)C1CCC1. The van der Waals surface area contributed by atoms with Gasteiger partial charge in [0.05, 0.1) is 0 Å². The highest BCUT2D eigenvalue weighted by Gasteiger charge is 2.27. The van der Waals surface area contributed by atoms with Gasteiger partial charge in [0.25, 0.3) is 0 Å². The summed E-state index contributed by atoms with van der Waals surface area (Å²) < 4.78 is 0. The third-order valence-electron chi connectivity index (χ3n) is 2.52. The first-order chi connectivity index (χ1) is 4.99. The lowest BCUT2D eigenvalue weighted by atomic mass is 9.76. The zero-order valence-electron chi connectivity index (χ0n) is 7.64. The lowest BCUT2D eigenvalue weighted by Gasteiger charge is -2.34. The second kappa shape index (κ2) is 3.11. The molecule has 0 saturated heterocycles. The first kappa shape index (κ1) is 9.01. The fourth-order valence-electron chi connectivity index (χ4n) is 1.64. The maximum atomic E-state index is 5.99. The number of hydrogen-bond acceptors (Lipinski definition) is 2. The van der Waals surface area contributed by atoms with Crippen LogP contribution in [0.15, 0.2) is 0 Å².